The van der Waals surface area contributed by atoms with E-state index in [4.69, 9.17) is 16.2 Å². The van der Waals surface area contributed by atoms with E-state index in [0.29, 0.717) is 23.5 Å². The summed E-state index contributed by atoms with van der Waals surface area (Å²) in [6.07, 6.45) is 11.7. The maximum Gasteiger partial charge on any atom is 0.230 e. The van der Waals surface area contributed by atoms with Crippen molar-refractivity contribution in [2.45, 2.75) is 56.7 Å². The van der Waals surface area contributed by atoms with Crippen LogP contribution < -0.4 is 22.1 Å². The Morgan fingerprint density at radius 1 is 1.28 bits per heavy atom. The van der Waals surface area contributed by atoms with Crippen LogP contribution in [0.1, 0.15) is 36.9 Å². The summed E-state index contributed by atoms with van der Waals surface area (Å²) >= 11 is 1.34. The van der Waals surface area contributed by atoms with Gasteiger partial charge in [-0.2, -0.15) is 0 Å². The van der Waals surface area contributed by atoms with Crippen molar-refractivity contribution in [3.05, 3.63) is 64.9 Å². The van der Waals surface area contributed by atoms with Gasteiger partial charge in [-0.15, -0.1) is 11.3 Å². The molecule has 2 aromatic rings. The molecule has 1 amide bonds. The molecule has 1 saturated heterocycles. The fraction of sp³-hybridized carbons (Fsp3) is 0.417. The van der Waals surface area contributed by atoms with E-state index in [1.54, 1.807) is 0 Å². The summed E-state index contributed by atoms with van der Waals surface area (Å²) in [4.78, 5) is 16.3. The van der Waals surface area contributed by atoms with Crippen LogP contribution in [0.15, 0.2) is 53.6 Å². The summed E-state index contributed by atoms with van der Waals surface area (Å²) in [5, 5.41) is 8.87. The number of ether oxygens (including phenoxy) is 1. The Labute approximate surface area is 192 Å². The second-order valence-corrected chi connectivity index (χ2v) is 9.30. The van der Waals surface area contributed by atoms with Crippen LogP contribution >= 0.6 is 11.3 Å². The standard InChI is InChI=1S/C24H31N5O2S/c25-21(14-31-20-4-2-1-3-5-20)22-11-10-18(27-22)12-16-6-8-17(9-7-16)28-23(30)13-19-15-32-24(26)29-19/h2,4-9,15,18,21-22,27H,1,3,10-14,25H2,(H2,26,29)(H,28,30)/t18-,21-,22-/m1/s1. The van der Waals surface area contributed by atoms with Crippen molar-refractivity contribution in [3.8, 4) is 0 Å². The Hall–Kier alpha value is -2.68. The van der Waals surface area contributed by atoms with Gasteiger partial charge in [-0.05, 0) is 62.0 Å². The molecule has 0 unspecified atom stereocenters. The van der Waals surface area contributed by atoms with Crippen molar-refractivity contribution in [2.24, 2.45) is 5.73 Å². The number of aromatic nitrogens is 1. The molecule has 6 N–H and O–H groups in total. The van der Waals surface area contributed by atoms with E-state index in [0.717, 1.165) is 43.6 Å². The molecule has 1 aromatic heterocycles. The van der Waals surface area contributed by atoms with Crippen LogP contribution in [0.25, 0.3) is 0 Å². The number of thiazole rings is 1. The smallest absolute Gasteiger partial charge is 0.230 e. The largest absolute Gasteiger partial charge is 0.492 e. The van der Waals surface area contributed by atoms with Gasteiger partial charge in [0, 0.05) is 23.2 Å². The van der Waals surface area contributed by atoms with E-state index in [1.807, 2.05) is 23.6 Å². The second kappa shape index (κ2) is 10.8. The first kappa shape index (κ1) is 22.5. The molecular weight excluding hydrogens is 422 g/mol. The molecular formula is C24H31N5O2S. The fourth-order valence-electron chi connectivity index (χ4n) is 4.14. The predicted molar refractivity (Wildman–Crippen MR) is 129 cm³/mol. The number of benzene rings is 1. The van der Waals surface area contributed by atoms with Gasteiger partial charge in [0.25, 0.3) is 0 Å². The molecule has 0 radical (unpaired) electrons. The Morgan fingerprint density at radius 3 is 2.84 bits per heavy atom. The van der Waals surface area contributed by atoms with E-state index in [-0.39, 0.29) is 24.4 Å². The molecule has 1 aliphatic carbocycles. The van der Waals surface area contributed by atoms with Gasteiger partial charge in [0.1, 0.15) is 12.4 Å². The zero-order valence-electron chi connectivity index (χ0n) is 18.1. The van der Waals surface area contributed by atoms with Crippen molar-refractivity contribution in [1.29, 1.82) is 0 Å². The number of nitrogen functional groups attached to an aromatic ring is 1. The first-order valence-corrected chi connectivity index (χ1v) is 12.0. The molecule has 7 nitrogen and oxygen atoms in total. The van der Waals surface area contributed by atoms with Gasteiger partial charge in [0.2, 0.25) is 5.91 Å². The zero-order chi connectivity index (χ0) is 22.3. The van der Waals surface area contributed by atoms with Crippen molar-refractivity contribution in [1.82, 2.24) is 10.3 Å². The third kappa shape index (κ3) is 6.41. The van der Waals surface area contributed by atoms with Gasteiger partial charge in [-0.25, -0.2) is 4.98 Å². The summed E-state index contributed by atoms with van der Waals surface area (Å²) in [7, 11) is 0. The number of hydrogen-bond donors (Lipinski definition) is 4. The van der Waals surface area contributed by atoms with Crippen molar-refractivity contribution < 1.29 is 9.53 Å². The van der Waals surface area contributed by atoms with Gasteiger partial charge >= 0.3 is 0 Å². The maximum atomic E-state index is 12.2. The summed E-state index contributed by atoms with van der Waals surface area (Å²) in [5.74, 6) is 0.836. The highest BCUT2D eigenvalue weighted by atomic mass is 32.1. The van der Waals surface area contributed by atoms with E-state index in [9.17, 15) is 4.79 Å². The van der Waals surface area contributed by atoms with Crippen LogP contribution in [0.2, 0.25) is 0 Å². The highest BCUT2D eigenvalue weighted by Crippen LogP contribution is 2.21. The topological polar surface area (TPSA) is 115 Å². The predicted octanol–water partition coefficient (Wildman–Crippen LogP) is 3.15. The lowest BCUT2D eigenvalue weighted by molar-refractivity contribution is -0.115. The van der Waals surface area contributed by atoms with Crippen molar-refractivity contribution in [2.75, 3.05) is 17.7 Å². The Bertz CT molecular complexity index is 969. The lowest BCUT2D eigenvalue weighted by atomic mass is 10.0. The number of nitrogens with two attached hydrogens (primary N) is 2. The number of allylic oxidation sites excluding steroid dienone is 3. The van der Waals surface area contributed by atoms with E-state index in [2.05, 4.69) is 39.9 Å². The van der Waals surface area contributed by atoms with Gasteiger partial charge in [-0.1, -0.05) is 18.2 Å². The van der Waals surface area contributed by atoms with E-state index in [1.165, 1.54) is 16.9 Å². The van der Waals surface area contributed by atoms with Crippen LogP contribution in [-0.2, 0) is 22.4 Å². The third-order valence-electron chi connectivity index (χ3n) is 5.83. The highest BCUT2D eigenvalue weighted by molar-refractivity contribution is 7.13. The van der Waals surface area contributed by atoms with Crippen molar-refractivity contribution >= 4 is 28.1 Å². The average molecular weight is 454 g/mol. The minimum Gasteiger partial charge on any atom is -0.492 e. The third-order valence-corrected chi connectivity index (χ3v) is 6.55. The molecule has 2 heterocycles. The lowest BCUT2D eigenvalue weighted by Gasteiger charge is -2.22. The molecule has 1 aliphatic heterocycles. The number of amides is 1. The summed E-state index contributed by atoms with van der Waals surface area (Å²) in [6, 6.07) is 8.66. The molecule has 3 atom stereocenters. The van der Waals surface area contributed by atoms with Gasteiger partial charge in [0.15, 0.2) is 5.13 Å². The number of nitrogens with zero attached hydrogens (tertiary/aromatic N) is 1. The molecule has 1 fully saturated rings. The number of anilines is 2. The van der Waals surface area contributed by atoms with Gasteiger partial charge < -0.3 is 26.8 Å². The van der Waals surface area contributed by atoms with Crippen LogP contribution in [0.3, 0.4) is 0 Å². The lowest BCUT2D eigenvalue weighted by Crippen LogP contribution is -2.46. The highest BCUT2D eigenvalue weighted by Gasteiger charge is 2.28. The molecule has 0 bridgehead atoms. The molecule has 1 aromatic carbocycles. The van der Waals surface area contributed by atoms with Crippen molar-refractivity contribution in [3.63, 3.8) is 0 Å². The Kier molecular flexibility index (Phi) is 7.57. The fourth-order valence-corrected chi connectivity index (χ4v) is 4.70. The van der Waals surface area contributed by atoms with E-state index >= 15 is 0 Å². The van der Waals surface area contributed by atoms with Gasteiger partial charge in [0.05, 0.1) is 18.2 Å². The molecule has 170 valence electrons. The molecule has 8 heteroatoms. The number of hydrogen-bond acceptors (Lipinski definition) is 7. The average Bonchev–Trinajstić information content (AvgIpc) is 3.43. The summed E-state index contributed by atoms with van der Waals surface area (Å²) in [5.41, 5.74) is 14.7. The second-order valence-electron chi connectivity index (χ2n) is 8.41. The molecule has 2 aliphatic rings. The summed E-state index contributed by atoms with van der Waals surface area (Å²) in [6.45, 7) is 0.530. The monoisotopic (exact) mass is 453 g/mol. The minimum absolute atomic E-state index is 0.0260. The Balaban J connectivity index is 1.20. The molecule has 4 rings (SSSR count). The van der Waals surface area contributed by atoms with Crippen LogP contribution in [-0.4, -0.2) is 35.6 Å². The number of carbonyl (C=O) groups excluding carboxylic acids is 1. The number of rotatable bonds is 9. The van der Waals surface area contributed by atoms with E-state index < -0.39 is 0 Å². The number of nitrogens with one attached hydrogen (secondary N) is 2. The first-order valence-electron chi connectivity index (χ1n) is 11.1. The minimum atomic E-state index is -0.0981. The molecule has 32 heavy (non-hydrogen) atoms. The van der Waals surface area contributed by atoms with Crippen LogP contribution in [0, 0.1) is 0 Å². The van der Waals surface area contributed by atoms with Gasteiger partial charge in [-0.3, -0.25) is 4.79 Å². The maximum absolute atomic E-state index is 12.2. The zero-order valence-corrected chi connectivity index (χ0v) is 18.9. The normalized spacial score (nSPS) is 21.2. The summed E-state index contributed by atoms with van der Waals surface area (Å²) < 4.78 is 5.86. The number of carbonyl (C=O) groups is 1. The van der Waals surface area contributed by atoms with Crippen LogP contribution in [0.4, 0.5) is 10.8 Å². The molecule has 0 saturated carbocycles. The first-order chi connectivity index (χ1) is 15.5. The van der Waals surface area contributed by atoms with Crippen LogP contribution in [0.5, 0.6) is 0 Å². The SMILES string of the molecule is Nc1nc(CC(=O)Nc2ccc(C[C@H]3CC[C@H]([C@H](N)COC4=CCCC=C4)N3)cc2)cs1. The Morgan fingerprint density at radius 2 is 2.12 bits per heavy atom. The quantitative estimate of drug-likeness (QED) is 0.464. The molecule has 0 spiro atoms.